The second kappa shape index (κ2) is 3.62. The number of hydrogen-bond donors (Lipinski definition) is 0. The monoisotopic (exact) mass is 176 g/mol. The molecule has 68 valence electrons. The Bertz CT molecular complexity index is 390. The Labute approximate surface area is 77.1 Å². The molecule has 2 heteroatoms. The number of fused-ring (bicyclic) bond motifs is 1. The van der Waals surface area contributed by atoms with Crippen LogP contribution in [0, 0.1) is 0 Å². The molecule has 0 saturated carbocycles. The van der Waals surface area contributed by atoms with E-state index in [-0.39, 0.29) is 0 Å². The van der Waals surface area contributed by atoms with Crippen LogP contribution in [-0.4, -0.2) is 6.61 Å². The summed E-state index contributed by atoms with van der Waals surface area (Å²) in [6.45, 7) is 3.25. The Hall–Kier alpha value is -1.28. The summed E-state index contributed by atoms with van der Waals surface area (Å²) in [5.74, 6) is 0.914. The minimum absolute atomic E-state index is 0.560. The molecule has 1 aromatic carbocycles. The van der Waals surface area contributed by atoms with Crippen LogP contribution in [0.3, 0.4) is 0 Å². The topological polar surface area (TPSA) is 22.4 Å². The van der Waals surface area contributed by atoms with Gasteiger partial charge in [0.15, 0.2) is 0 Å². The summed E-state index contributed by atoms with van der Waals surface area (Å²) >= 11 is 0. The number of ether oxygens (including phenoxy) is 1. The van der Waals surface area contributed by atoms with E-state index < -0.39 is 0 Å². The molecular weight excluding hydrogens is 164 g/mol. The highest BCUT2D eigenvalue weighted by Crippen LogP contribution is 2.20. The standard InChI is InChI=1S/C11H12O2/c1-2-12-8-11-10-6-4-3-5-9(10)7-13-11/h3-7H,2,8H2,1H3. The molecule has 0 aliphatic rings. The van der Waals surface area contributed by atoms with Gasteiger partial charge < -0.3 is 9.15 Å². The van der Waals surface area contributed by atoms with Crippen molar-refractivity contribution in [1.29, 1.82) is 0 Å². The first-order valence-electron chi connectivity index (χ1n) is 4.44. The van der Waals surface area contributed by atoms with Gasteiger partial charge in [0.05, 0.1) is 6.26 Å². The van der Waals surface area contributed by atoms with E-state index in [1.54, 1.807) is 6.26 Å². The lowest BCUT2D eigenvalue weighted by Gasteiger charge is -1.97. The number of hydrogen-bond acceptors (Lipinski definition) is 2. The predicted octanol–water partition coefficient (Wildman–Crippen LogP) is 2.97. The van der Waals surface area contributed by atoms with Gasteiger partial charge in [-0.25, -0.2) is 0 Å². The van der Waals surface area contributed by atoms with Crippen molar-refractivity contribution in [3.05, 3.63) is 36.3 Å². The average molecular weight is 176 g/mol. The molecule has 0 amide bonds. The number of furan rings is 1. The van der Waals surface area contributed by atoms with Crippen molar-refractivity contribution in [3.8, 4) is 0 Å². The molecule has 0 unspecified atom stereocenters. The molecule has 0 saturated heterocycles. The molecule has 0 fully saturated rings. The average Bonchev–Trinajstić information content (AvgIpc) is 2.58. The third-order valence-electron chi connectivity index (χ3n) is 2.03. The highest BCUT2D eigenvalue weighted by molar-refractivity contribution is 5.83. The van der Waals surface area contributed by atoms with Crippen LogP contribution >= 0.6 is 0 Å². The highest BCUT2D eigenvalue weighted by atomic mass is 16.5. The Morgan fingerprint density at radius 3 is 3.00 bits per heavy atom. The first-order valence-corrected chi connectivity index (χ1v) is 4.44. The third-order valence-corrected chi connectivity index (χ3v) is 2.03. The second-order valence-electron chi connectivity index (χ2n) is 2.88. The quantitative estimate of drug-likeness (QED) is 0.717. The van der Waals surface area contributed by atoms with E-state index in [2.05, 4.69) is 0 Å². The maximum atomic E-state index is 5.39. The summed E-state index contributed by atoms with van der Waals surface area (Å²) in [5.41, 5.74) is 0. The van der Waals surface area contributed by atoms with Crippen molar-refractivity contribution in [2.24, 2.45) is 0 Å². The van der Waals surface area contributed by atoms with Crippen molar-refractivity contribution in [1.82, 2.24) is 0 Å². The van der Waals surface area contributed by atoms with Crippen molar-refractivity contribution < 1.29 is 9.15 Å². The summed E-state index contributed by atoms with van der Waals surface area (Å²) in [4.78, 5) is 0. The van der Waals surface area contributed by atoms with Gasteiger partial charge >= 0.3 is 0 Å². The van der Waals surface area contributed by atoms with Gasteiger partial charge in [-0.15, -0.1) is 0 Å². The van der Waals surface area contributed by atoms with E-state index in [1.165, 1.54) is 0 Å². The molecule has 0 bridgehead atoms. The molecule has 13 heavy (non-hydrogen) atoms. The summed E-state index contributed by atoms with van der Waals surface area (Å²) in [6.07, 6.45) is 1.77. The lowest BCUT2D eigenvalue weighted by molar-refractivity contribution is 0.119. The second-order valence-corrected chi connectivity index (χ2v) is 2.88. The molecular formula is C11H12O2. The molecule has 0 atom stereocenters. The van der Waals surface area contributed by atoms with Crippen LogP contribution in [-0.2, 0) is 11.3 Å². The van der Waals surface area contributed by atoms with Crippen molar-refractivity contribution >= 4 is 10.8 Å². The van der Waals surface area contributed by atoms with Gasteiger partial charge in [0.1, 0.15) is 12.4 Å². The molecule has 1 aromatic heterocycles. The normalized spacial score (nSPS) is 10.8. The minimum Gasteiger partial charge on any atom is -0.466 e. The smallest absolute Gasteiger partial charge is 0.137 e. The summed E-state index contributed by atoms with van der Waals surface area (Å²) < 4.78 is 10.7. The molecule has 0 spiro atoms. The van der Waals surface area contributed by atoms with Crippen molar-refractivity contribution in [2.45, 2.75) is 13.5 Å². The first-order chi connectivity index (χ1) is 6.42. The highest BCUT2D eigenvalue weighted by Gasteiger charge is 2.03. The zero-order chi connectivity index (χ0) is 9.10. The fourth-order valence-electron chi connectivity index (χ4n) is 1.36. The lowest BCUT2D eigenvalue weighted by atomic mass is 10.2. The van der Waals surface area contributed by atoms with Crippen molar-refractivity contribution in [2.75, 3.05) is 6.61 Å². The summed E-state index contributed by atoms with van der Waals surface area (Å²) in [7, 11) is 0. The van der Waals surface area contributed by atoms with Gasteiger partial charge in [0.2, 0.25) is 0 Å². The fourth-order valence-corrected chi connectivity index (χ4v) is 1.36. The summed E-state index contributed by atoms with van der Waals surface area (Å²) in [6, 6.07) is 8.09. The van der Waals surface area contributed by atoms with Crippen LogP contribution in [0.1, 0.15) is 12.7 Å². The third kappa shape index (κ3) is 1.58. The van der Waals surface area contributed by atoms with Gasteiger partial charge in [-0.1, -0.05) is 24.3 Å². The van der Waals surface area contributed by atoms with Crippen LogP contribution in [0.15, 0.2) is 34.9 Å². The molecule has 2 rings (SSSR count). The molecule has 0 radical (unpaired) electrons. The minimum atomic E-state index is 0.560. The molecule has 0 aliphatic carbocycles. The number of rotatable bonds is 3. The van der Waals surface area contributed by atoms with E-state index >= 15 is 0 Å². The summed E-state index contributed by atoms with van der Waals surface area (Å²) in [5, 5.41) is 2.29. The van der Waals surface area contributed by atoms with Gasteiger partial charge in [-0.3, -0.25) is 0 Å². The van der Waals surface area contributed by atoms with Gasteiger partial charge in [0.25, 0.3) is 0 Å². The maximum absolute atomic E-state index is 5.39. The molecule has 2 aromatic rings. The van der Waals surface area contributed by atoms with E-state index in [0.29, 0.717) is 6.61 Å². The zero-order valence-electron chi connectivity index (χ0n) is 7.62. The van der Waals surface area contributed by atoms with Gasteiger partial charge in [0, 0.05) is 17.4 Å². The van der Waals surface area contributed by atoms with Crippen LogP contribution in [0.5, 0.6) is 0 Å². The largest absolute Gasteiger partial charge is 0.466 e. The van der Waals surface area contributed by atoms with E-state index in [1.807, 2.05) is 31.2 Å². The van der Waals surface area contributed by atoms with Gasteiger partial charge in [-0.05, 0) is 6.92 Å². The molecule has 0 aliphatic heterocycles. The van der Waals surface area contributed by atoms with Gasteiger partial charge in [-0.2, -0.15) is 0 Å². The molecule has 0 N–H and O–H groups in total. The molecule has 1 heterocycles. The van der Waals surface area contributed by atoms with E-state index in [0.717, 1.165) is 23.1 Å². The Morgan fingerprint density at radius 1 is 1.31 bits per heavy atom. The zero-order valence-corrected chi connectivity index (χ0v) is 7.62. The Morgan fingerprint density at radius 2 is 2.15 bits per heavy atom. The van der Waals surface area contributed by atoms with Crippen molar-refractivity contribution in [3.63, 3.8) is 0 Å². The Kier molecular flexibility index (Phi) is 2.32. The van der Waals surface area contributed by atoms with E-state index in [9.17, 15) is 0 Å². The Balaban J connectivity index is 2.35. The fraction of sp³-hybridized carbons (Fsp3) is 0.273. The molecule has 2 nitrogen and oxygen atoms in total. The van der Waals surface area contributed by atoms with Crippen LogP contribution in [0.25, 0.3) is 10.8 Å². The SMILES string of the molecule is CCOCc1occ2ccccc12. The van der Waals surface area contributed by atoms with Crippen LogP contribution in [0.2, 0.25) is 0 Å². The van der Waals surface area contributed by atoms with E-state index in [4.69, 9.17) is 9.15 Å². The predicted molar refractivity (Wildman–Crippen MR) is 51.5 cm³/mol. The number of benzene rings is 1. The first kappa shape index (κ1) is 8.32. The van der Waals surface area contributed by atoms with Crippen LogP contribution < -0.4 is 0 Å². The maximum Gasteiger partial charge on any atom is 0.137 e. The van der Waals surface area contributed by atoms with Crippen LogP contribution in [0.4, 0.5) is 0 Å². The lowest BCUT2D eigenvalue weighted by Crippen LogP contribution is -1.89.